The van der Waals surface area contributed by atoms with Crippen molar-refractivity contribution in [1.29, 1.82) is 0 Å². The summed E-state index contributed by atoms with van der Waals surface area (Å²) in [4.78, 5) is 13.5. The molecule has 0 fully saturated rings. The van der Waals surface area contributed by atoms with Crippen LogP contribution in [-0.4, -0.2) is 12.5 Å². The van der Waals surface area contributed by atoms with E-state index in [0.29, 0.717) is 30.2 Å². The lowest BCUT2D eigenvalue weighted by molar-refractivity contribution is -0.620. The van der Waals surface area contributed by atoms with Crippen LogP contribution in [0.2, 0.25) is 0 Å². The number of rotatable bonds is 7. The summed E-state index contributed by atoms with van der Waals surface area (Å²) >= 11 is 0. The smallest absolute Gasteiger partial charge is 0.265 e. The van der Waals surface area contributed by atoms with E-state index in [1.54, 1.807) is 13.0 Å². The molecule has 31 heavy (non-hydrogen) atoms. The van der Waals surface area contributed by atoms with Crippen molar-refractivity contribution in [3.63, 3.8) is 0 Å². The molecular formula is C26H30N2O3. The normalized spacial score (nSPS) is 10.9. The summed E-state index contributed by atoms with van der Waals surface area (Å²) in [6.07, 6.45) is 0.333. The van der Waals surface area contributed by atoms with Gasteiger partial charge in [0.25, 0.3) is 5.91 Å². The molecule has 2 aromatic carbocycles. The molecule has 0 atom stereocenters. The van der Waals surface area contributed by atoms with E-state index in [1.807, 2.05) is 76.2 Å². The summed E-state index contributed by atoms with van der Waals surface area (Å²) in [7, 11) is 0. The number of benzene rings is 2. The summed E-state index contributed by atoms with van der Waals surface area (Å²) in [6.45, 7) is 10.2. The molecular weight excluding hydrogens is 388 g/mol. The Morgan fingerprint density at radius 2 is 1.77 bits per heavy atom. The summed E-state index contributed by atoms with van der Waals surface area (Å²) in [6, 6.07) is 17.1. The second-order valence-electron chi connectivity index (χ2n) is 8.33. The third-order valence-corrected chi connectivity index (χ3v) is 5.31. The van der Waals surface area contributed by atoms with Gasteiger partial charge in [-0.1, -0.05) is 56.3 Å². The number of aryl methyl sites for hydroxylation is 2. The number of carbonyl (C=O) groups is 1. The molecule has 1 aromatic heterocycles. The Bertz CT molecular complexity index is 1080. The van der Waals surface area contributed by atoms with E-state index in [4.69, 9.17) is 4.74 Å². The molecule has 162 valence electrons. The number of carbonyl (C=O) groups excluding carboxylic acids is 1. The van der Waals surface area contributed by atoms with Gasteiger partial charge in [-0.2, -0.15) is 4.73 Å². The predicted molar refractivity (Wildman–Crippen MR) is 124 cm³/mol. The molecule has 0 spiro atoms. The van der Waals surface area contributed by atoms with E-state index < -0.39 is 0 Å². The van der Waals surface area contributed by atoms with E-state index in [-0.39, 0.29) is 17.4 Å². The number of hydrogen-bond donors (Lipinski definition) is 1. The average Bonchev–Trinajstić information content (AvgIpc) is 2.74. The van der Waals surface area contributed by atoms with Crippen molar-refractivity contribution in [3.8, 4) is 5.75 Å². The zero-order valence-corrected chi connectivity index (χ0v) is 18.9. The molecule has 0 aliphatic heterocycles. The fourth-order valence-electron chi connectivity index (χ4n) is 3.41. The van der Waals surface area contributed by atoms with Crippen LogP contribution in [0.15, 0.2) is 54.6 Å². The molecule has 0 saturated heterocycles. The van der Waals surface area contributed by atoms with Gasteiger partial charge in [-0.15, -0.1) is 0 Å². The summed E-state index contributed by atoms with van der Waals surface area (Å²) < 4.78 is 6.85. The maximum absolute atomic E-state index is 13.5. The van der Waals surface area contributed by atoms with Gasteiger partial charge in [0.2, 0.25) is 5.69 Å². The quantitative estimate of drug-likeness (QED) is 0.428. The van der Waals surface area contributed by atoms with E-state index in [1.165, 1.54) is 0 Å². The number of nitrogens with one attached hydrogen (secondary N) is 1. The number of anilines is 1. The van der Waals surface area contributed by atoms with E-state index in [0.717, 1.165) is 27.1 Å². The van der Waals surface area contributed by atoms with Gasteiger partial charge >= 0.3 is 0 Å². The Balaban J connectivity index is 2.10. The van der Waals surface area contributed by atoms with Crippen LogP contribution in [0.4, 0.5) is 5.69 Å². The minimum Gasteiger partial charge on any atom is -0.618 e. The van der Waals surface area contributed by atoms with Crippen molar-refractivity contribution in [1.82, 2.24) is 0 Å². The SMILES string of the molecule is Cc1cccc(NC(=O)c2c(OCC(C)C)cc(C)[n+]([O-])c2Cc2ccccc2)c1C. The highest BCUT2D eigenvalue weighted by atomic mass is 16.5. The van der Waals surface area contributed by atoms with Crippen molar-refractivity contribution < 1.29 is 14.3 Å². The minimum absolute atomic E-state index is 0.283. The maximum Gasteiger partial charge on any atom is 0.265 e. The van der Waals surface area contributed by atoms with Crippen molar-refractivity contribution in [2.45, 2.75) is 41.0 Å². The molecule has 0 unspecified atom stereocenters. The highest BCUT2D eigenvalue weighted by molar-refractivity contribution is 6.07. The van der Waals surface area contributed by atoms with Gasteiger partial charge in [-0.05, 0) is 42.5 Å². The third-order valence-electron chi connectivity index (χ3n) is 5.31. The van der Waals surface area contributed by atoms with Gasteiger partial charge in [0.1, 0.15) is 5.75 Å². The van der Waals surface area contributed by atoms with Crippen molar-refractivity contribution in [2.75, 3.05) is 11.9 Å². The lowest BCUT2D eigenvalue weighted by Gasteiger charge is -2.18. The second-order valence-corrected chi connectivity index (χ2v) is 8.33. The zero-order chi connectivity index (χ0) is 22.5. The van der Waals surface area contributed by atoms with Gasteiger partial charge in [0.15, 0.2) is 11.3 Å². The van der Waals surface area contributed by atoms with Gasteiger partial charge in [-0.25, -0.2) is 0 Å². The molecule has 5 nitrogen and oxygen atoms in total. The molecule has 5 heteroatoms. The average molecular weight is 419 g/mol. The van der Waals surface area contributed by atoms with E-state index >= 15 is 0 Å². The largest absolute Gasteiger partial charge is 0.618 e. The number of pyridine rings is 1. The molecule has 0 bridgehead atoms. The van der Waals surface area contributed by atoms with Gasteiger partial charge in [0.05, 0.1) is 13.0 Å². The van der Waals surface area contributed by atoms with Gasteiger partial charge < -0.3 is 15.3 Å². The van der Waals surface area contributed by atoms with Crippen LogP contribution < -0.4 is 14.8 Å². The topological polar surface area (TPSA) is 65.3 Å². The zero-order valence-electron chi connectivity index (χ0n) is 18.9. The highest BCUT2D eigenvalue weighted by Crippen LogP contribution is 2.27. The number of ether oxygens (including phenoxy) is 1. The summed E-state index contributed by atoms with van der Waals surface area (Å²) in [5.41, 5.74) is 4.91. The molecule has 0 aliphatic rings. The third kappa shape index (κ3) is 5.23. The monoisotopic (exact) mass is 418 g/mol. The van der Waals surface area contributed by atoms with E-state index in [9.17, 15) is 10.0 Å². The first-order valence-electron chi connectivity index (χ1n) is 10.6. The van der Waals surface area contributed by atoms with Crippen LogP contribution >= 0.6 is 0 Å². The van der Waals surface area contributed by atoms with Gasteiger partial charge in [0, 0.05) is 18.7 Å². The van der Waals surface area contributed by atoms with Crippen molar-refractivity contribution >= 4 is 11.6 Å². The van der Waals surface area contributed by atoms with Crippen LogP contribution in [0.1, 0.15) is 52.3 Å². The Kier molecular flexibility index (Phi) is 6.95. The summed E-state index contributed by atoms with van der Waals surface area (Å²) in [5.74, 6) is 0.377. The minimum atomic E-state index is -0.344. The molecule has 0 aliphatic carbocycles. The Labute approximate surface area is 184 Å². The Hall–Kier alpha value is -3.34. The van der Waals surface area contributed by atoms with Crippen LogP contribution in [0.3, 0.4) is 0 Å². The van der Waals surface area contributed by atoms with E-state index in [2.05, 4.69) is 5.32 Å². The molecule has 3 rings (SSSR count). The van der Waals surface area contributed by atoms with Crippen LogP contribution in [0, 0.1) is 31.9 Å². The first-order valence-corrected chi connectivity index (χ1v) is 10.6. The molecule has 0 radical (unpaired) electrons. The second kappa shape index (κ2) is 9.65. The first-order chi connectivity index (χ1) is 14.8. The molecule has 1 amide bonds. The summed E-state index contributed by atoms with van der Waals surface area (Å²) in [5, 5.41) is 16.0. The Morgan fingerprint density at radius 3 is 2.45 bits per heavy atom. The highest BCUT2D eigenvalue weighted by Gasteiger charge is 2.28. The fraction of sp³-hybridized carbons (Fsp3) is 0.308. The fourth-order valence-corrected chi connectivity index (χ4v) is 3.41. The number of hydrogen-bond acceptors (Lipinski definition) is 3. The molecule has 0 saturated carbocycles. The standard InChI is InChI=1S/C26H30N2O3/c1-17(2)16-31-24-14-19(4)28(30)23(15-21-11-7-6-8-12-21)25(24)26(29)27-22-13-9-10-18(3)20(22)5/h6-14,17H,15-16H2,1-5H3,(H,27,29). The van der Waals surface area contributed by atoms with Crippen LogP contribution in [0.5, 0.6) is 5.75 Å². The number of aromatic nitrogens is 1. The lowest BCUT2D eigenvalue weighted by Crippen LogP contribution is -2.39. The first kappa shape index (κ1) is 22.3. The van der Waals surface area contributed by atoms with Crippen molar-refractivity contribution in [3.05, 3.63) is 93.4 Å². The number of amides is 1. The lowest BCUT2D eigenvalue weighted by atomic mass is 10.0. The van der Waals surface area contributed by atoms with Crippen LogP contribution in [0.25, 0.3) is 0 Å². The maximum atomic E-state index is 13.5. The van der Waals surface area contributed by atoms with Crippen molar-refractivity contribution in [2.24, 2.45) is 5.92 Å². The number of nitrogens with zero attached hydrogens (tertiary/aromatic N) is 1. The van der Waals surface area contributed by atoms with Crippen LogP contribution in [-0.2, 0) is 6.42 Å². The molecule has 3 aromatic rings. The molecule has 1 N–H and O–H groups in total. The Morgan fingerprint density at radius 1 is 1.06 bits per heavy atom. The van der Waals surface area contributed by atoms with Gasteiger partial charge in [-0.3, -0.25) is 4.79 Å². The predicted octanol–water partition coefficient (Wildman–Crippen LogP) is 5.12. The molecule has 1 heterocycles.